The molecule has 3 aromatic heterocycles. The molecular formula is C31H18BrN3. The molecule has 8 rings (SSSR count). The Morgan fingerprint density at radius 1 is 0.743 bits per heavy atom. The summed E-state index contributed by atoms with van der Waals surface area (Å²) in [5.74, 6) is 0.210. The highest BCUT2D eigenvalue weighted by Crippen LogP contribution is 2.37. The van der Waals surface area contributed by atoms with Gasteiger partial charge >= 0.3 is 0 Å². The van der Waals surface area contributed by atoms with E-state index in [1.165, 1.54) is 38.0 Å². The summed E-state index contributed by atoms with van der Waals surface area (Å²) in [4.78, 5) is 10.1. The van der Waals surface area contributed by atoms with Gasteiger partial charge < -0.3 is 0 Å². The number of imidazole rings is 1. The van der Waals surface area contributed by atoms with Crippen LogP contribution in [0.15, 0.2) is 95.5 Å². The average Bonchev–Trinajstić information content (AvgIpc) is 3.47. The van der Waals surface area contributed by atoms with Crippen LogP contribution in [0.3, 0.4) is 0 Å². The number of para-hydroxylation sites is 1. The third-order valence-corrected chi connectivity index (χ3v) is 7.73. The molecule has 0 radical (unpaired) electrons. The number of halogens is 1. The lowest BCUT2D eigenvalue weighted by molar-refractivity contribution is 1.13. The summed E-state index contributed by atoms with van der Waals surface area (Å²) in [6.45, 7) is 0. The zero-order valence-electron chi connectivity index (χ0n) is 18.6. The Hall–Kier alpha value is -4.02. The number of aromatic nitrogens is 3. The molecule has 0 saturated carbocycles. The molecule has 0 N–H and O–H groups in total. The van der Waals surface area contributed by atoms with Gasteiger partial charge in [0.15, 0.2) is 0 Å². The second kappa shape index (κ2) is 7.00. The van der Waals surface area contributed by atoms with Crippen molar-refractivity contribution in [1.82, 2.24) is 14.4 Å². The highest BCUT2D eigenvalue weighted by atomic mass is 79.9. The van der Waals surface area contributed by atoms with Crippen LogP contribution in [0.1, 0.15) is 17.0 Å². The number of nitrogens with zero attached hydrogens (tertiary/aromatic N) is 3. The van der Waals surface area contributed by atoms with Gasteiger partial charge in [0.05, 0.1) is 27.6 Å². The number of allylic oxidation sites excluding steroid dienone is 1. The first-order valence-corrected chi connectivity index (χ1v) is 12.6. The third kappa shape index (κ3) is 2.66. The second-order valence-electron chi connectivity index (χ2n) is 9.18. The van der Waals surface area contributed by atoms with Crippen molar-refractivity contribution in [1.29, 1.82) is 0 Å². The molecule has 4 aromatic carbocycles. The van der Waals surface area contributed by atoms with Gasteiger partial charge in [0.25, 0.3) is 0 Å². The monoisotopic (exact) mass is 511 g/mol. The molecule has 3 heterocycles. The fraction of sp³-hybridized carbons (Fsp3) is 0.0323. The Kier molecular flexibility index (Phi) is 3.86. The second-order valence-corrected chi connectivity index (χ2v) is 10.1. The third-order valence-electron chi connectivity index (χ3n) is 7.23. The van der Waals surface area contributed by atoms with Crippen LogP contribution in [0.4, 0.5) is 0 Å². The summed E-state index contributed by atoms with van der Waals surface area (Å²) in [5, 5.41) is 4.77. The van der Waals surface area contributed by atoms with E-state index in [1.54, 1.807) is 0 Å². The Morgan fingerprint density at radius 2 is 1.57 bits per heavy atom. The van der Waals surface area contributed by atoms with Crippen molar-refractivity contribution in [2.24, 2.45) is 0 Å². The van der Waals surface area contributed by atoms with Gasteiger partial charge in [-0.25, -0.2) is 9.97 Å². The SMILES string of the molecule is Brc1ccc2nc3c4c(c5ccc6nc7ccccc7c6c5n3c2c1)C=CC(c1ccccc1)C=4. The lowest BCUT2D eigenvalue weighted by atomic mass is 9.90. The highest BCUT2D eigenvalue weighted by molar-refractivity contribution is 9.10. The molecule has 1 unspecified atom stereocenters. The highest BCUT2D eigenvalue weighted by Gasteiger charge is 2.21. The molecule has 1 aliphatic rings. The van der Waals surface area contributed by atoms with Crippen molar-refractivity contribution < 1.29 is 0 Å². The first-order chi connectivity index (χ1) is 17.3. The molecule has 0 amide bonds. The van der Waals surface area contributed by atoms with Crippen molar-refractivity contribution in [3.8, 4) is 0 Å². The Labute approximate surface area is 209 Å². The van der Waals surface area contributed by atoms with Crippen LogP contribution in [0.2, 0.25) is 0 Å². The van der Waals surface area contributed by atoms with E-state index in [1.807, 2.05) is 0 Å². The van der Waals surface area contributed by atoms with Gasteiger partial charge in [0.1, 0.15) is 5.65 Å². The summed E-state index contributed by atoms with van der Waals surface area (Å²) < 4.78 is 3.39. The predicted octanol–water partition coefficient (Wildman–Crippen LogP) is 7.41. The van der Waals surface area contributed by atoms with Gasteiger partial charge in [-0.2, -0.15) is 0 Å². The maximum absolute atomic E-state index is 5.18. The molecule has 4 heteroatoms. The van der Waals surface area contributed by atoms with E-state index < -0.39 is 0 Å². The molecule has 0 spiro atoms. The average molecular weight is 512 g/mol. The molecule has 1 aliphatic carbocycles. The first-order valence-electron chi connectivity index (χ1n) is 11.8. The normalized spacial score (nSPS) is 15.4. The number of hydrogen-bond acceptors (Lipinski definition) is 2. The predicted molar refractivity (Wildman–Crippen MR) is 149 cm³/mol. The van der Waals surface area contributed by atoms with Crippen molar-refractivity contribution in [2.75, 3.05) is 0 Å². The lowest BCUT2D eigenvalue weighted by Crippen LogP contribution is -2.17. The van der Waals surface area contributed by atoms with E-state index in [2.05, 4.69) is 123 Å². The van der Waals surface area contributed by atoms with Crippen LogP contribution >= 0.6 is 15.9 Å². The fourth-order valence-corrected chi connectivity index (χ4v) is 6.03. The van der Waals surface area contributed by atoms with E-state index in [4.69, 9.17) is 9.97 Å². The summed E-state index contributed by atoms with van der Waals surface area (Å²) in [5.41, 5.74) is 8.79. The molecule has 0 saturated heterocycles. The molecule has 7 aromatic rings. The number of benzene rings is 4. The van der Waals surface area contributed by atoms with E-state index in [0.29, 0.717) is 0 Å². The topological polar surface area (TPSA) is 30.2 Å². The molecule has 0 aliphatic heterocycles. The Morgan fingerprint density at radius 3 is 2.49 bits per heavy atom. The molecular weight excluding hydrogens is 494 g/mol. The summed E-state index contributed by atoms with van der Waals surface area (Å²) in [6.07, 6.45) is 6.96. The summed E-state index contributed by atoms with van der Waals surface area (Å²) in [7, 11) is 0. The zero-order valence-corrected chi connectivity index (χ0v) is 20.2. The van der Waals surface area contributed by atoms with E-state index in [9.17, 15) is 0 Å². The molecule has 1 atom stereocenters. The van der Waals surface area contributed by atoms with Crippen LogP contribution in [-0.4, -0.2) is 14.4 Å². The molecule has 164 valence electrons. The van der Waals surface area contributed by atoms with E-state index in [-0.39, 0.29) is 5.92 Å². The summed E-state index contributed by atoms with van der Waals surface area (Å²) >= 11 is 3.69. The Balaban J connectivity index is 1.63. The van der Waals surface area contributed by atoms with Crippen LogP contribution in [0.5, 0.6) is 0 Å². The first kappa shape index (κ1) is 19.3. The van der Waals surface area contributed by atoms with Crippen molar-refractivity contribution in [3.05, 3.63) is 112 Å². The number of fused-ring (bicyclic) bond motifs is 12. The quantitative estimate of drug-likeness (QED) is 0.229. The van der Waals surface area contributed by atoms with Crippen LogP contribution < -0.4 is 5.22 Å². The lowest BCUT2D eigenvalue weighted by Gasteiger charge is -2.17. The van der Waals surface area contributed by atoms with Gasteiger partial charge in [-0.05, 0) is 41.5 Å². The minimum absolute atomic E-state index is 0.210. The minimum atomic E-state index is 0.210. The standard InChI is InChI=1S/C31H18BrN3/c32-20-11-14-26-28(17-20)35-30-22(13-15-27-29(30)23-8-4-5-9-25(23)33-27)21-12-10-19(16-24(21)31(35)34-26)18-6-2-1-3-7-18/h1-17,19H. The number of rotatable bonds is 1. The van der Waals surface area contributed by atoms with Crippen molar-refractivity contribution in [2.45, 2.75) is 5.92 Å². The zero-order chi connectivity index (χ0) is 23.1. The van der Waals surface area contributed by atoms with Gasteiger partial charge in [0.2, 0.25) is 0 Å². The maximum atomic E-state index is 5.18. The van der Waals surface area contributed by atoms with Crippen LogP contribution in [-0.2, 0) is 0 Å². The molecule has 35 heavy (non-hydrogen) atoms. The van der Waals surface area contributed by atoms with Gasteiger partial charge in [-0.15, -0.1) is 0 Å². The minimum Gasteiger partial charge on any atom is -0.291 e. The van der Waals surface area contributed by atoms with Gasteiger partial charge in [0, 0.05) is 31.8 Å². The van der Waals surface area contributed by atoms with Gasteiger partial charge in [-0.3, -0.25) is 4.40 Å². The van der Waals surface area contributed by atoms with Crippen LogP contribution in [0, 0.1) is 0 Å². The molecule has 0 bridgehead atoms. The Bertz CT molecular complexity index is 2070. The van der Waals surface area contributed by atoms with E-state index >= 15 is 0 Å². The maximum Gasteiger partial charge on any atom is 0.146 e. The van der Waals surface area contributed by atoms with Crippen molar-refractivity contribution >= 4 is 77.5 Å². The van der Waals surface area contributed by atoms with E-state index in [0.717, 1.165) is 32.2 Å². The van der Waals surface area contributed by atoms with Gasteiger partial charge in [-0.1, -0.05) is 88.8 Å². The molecule has 0 fully saturated rings. The van der Waals surface area contributed by atoms with Crippen LogP contribution in [0.25, 0.3) is 61.5 Å². The fourth-order valence-electron chi connectivity index (χ4n) is 5.68. The van der Waals surface area contributed by atoms with Crippen molar-refractivity contribution in [3.63, 3.8) is 0 Å². The largest absolute Gasteiger partial charge is 0.291 e. The molecule has 3 nitrogen and oxygen atoms in total. The number of pyridine rings is 1. The summed E-state index contributed by atoms with van der Waals surface area (Å²) in [6, 6.07) is 29.8. The number of hydrogen-bond donors (Lipinski definition) is 0. The smallest absolute Gasteiger partial charge is 0.146 e.